The molecule has 0 heterocycles. The fraction of sp³-hybridized carbons (Fsp3) is 0.385. The zero-order chi connectivity index (χ0) is 13.4. The maximum absolute atomic E-state index is 12.0. The van der Waals surface area contributed by atoms with Crippen LogP contribution in [0.3, 0.4) is 0 Å². The lowest BCUT2D eigenvalue weighted by Crippen LogP contribution is -2.39. The largest absolute Gasteiger partial charge is 0.493 e. The van der Waals surface area contributed by atoms with Crippen LogP contribution in [0.5, 0.6) is 5.75 Å². The molecule has 98 valence electrons. The maximum Gasteiger partial charge on any atom is 0.261 e. The molecule has 0 bridgehead atoms. The van der Waals surface area contributed by atoms with Crippen molar-refractivity contribution >= 4 is 23.2 Å². The van der Waals surface area contributed by atoms with Gasteiger partial charge in [0.05, 0.1) is 12.2 Å². The van der Waals surface area contributed by atoms with Gasteiger partial charge in [0.2, 0.25) is 0 Å². The van der Waals surface area contributed by atoms with Crippen LogP contribution in [-0.4, -0.2) is 24.2 Å². The van der Waals surface area contributed by atoms with Gasteiger partial charge in [0.1, 0.15) is 5.75 Å². The Labute approximate surface area is 113 Å². The molecule has 1 aromatic carbocycles. The molecule has 0 aliphatic rings. The molecule has 2 N–H and O–H groups in total. The molecule has 0 saturated heterocycles. The predicted octanol–water partition coefficient (Wildman–Crippen LogP) is 2.10. The zero-order valence-corrected chi connectivity index (χ0v) is 11.5. The van der Waals surface area contributed by atoms with E-state index in [9.17, 15) is 4.79 Å². The Morgan fingerprint density at radius 2 is 2.06 bits per heavy atom. The number of benzene rings is 1. The van der Waals surface area contributed by atoms with Crippen molar-refractivity contribution in [1.29, 1.82) is 0 Å². The van der Waals surface area contributed by atoms with E-state index in [1.165, 1.54) is 0 Å². The van der Waals surface area contributed by atoms with Crippen LogP contribution in [0.4, 0.5) is 0 Å². The van der Waals surface area contributed by atoms with Gasteiger partial charge in [-0.15, -0.1) is 0 Å². The third-order valence-corrected chi connectivity index (χ3v) is 2.40. The van der Waals surface area contributed by atoms with Gasteiger partial charge in [-0.2, -0.15) is 0 Å². The Bertz CT molecular complexity index is 421. The summed E-state index contributed by atoms with van der Waals surface area (Å²) in [6.07, 6.45) is 0.895. The number of nitrogens with one attached hydrogen (secondary N) is 2. The second kappa shape index (κ2) is 7.66. The van der Waals surface area contributed by atoms with E-state index in [-0.39, 0.29) is 5.91 Å². The van der Waals surface area contributed by atoms with E-state index in [2.05, 4.69) is 10.6 Å². The number of hydrogen-bond acceptors (Lipinski definition) is 3. The van der Waals surface area contributed by atoms with Crippen LogP contribution in [-0.2, 0) is 0 Å². The Morgan fingerprint density at radius 1 is 1.33 bits per heavy atom. The molecule has 5 heteroatoms. The van der Waals surface area contributed by atoms with Crippen LogP contribution < -0.4 is 15.4 Å². The summed E-state index contributed by atoms with van der Waals surface area (Å²) in [5.41, 5.74) is 0.492. The quantitative estimate of drug-likeness (QED) is 0.801. The van der Waals surface area contributed by atoms with Crippen LogP contribution in [0, 0.1) is 0 Å². The van der Waals surface area contributed by atoms with Crippen molar-refractivity contribution in [3.8, 4) is 5.75 Å². The van der Waals surface area contributed by atoms with Gasteiger partial charge >= 0.3 is 0 Å². The minimum absolute atomic E-state index is 0.257. The van der Waals surface area contributed by atoms with Crippen LogP contribution in [0.2, 0.25) is 0 Å². The lowest BCUT2D eigenvalue weighted by atomic mass is 10.2. The molecular formula is C13H18N2O2S. The molecule has 1 aromatic rings. The third kappa shape index (κ3) is 4.33. The van der Waals surface area contributed by atoms with Gasteiger partial charge in [0.25, 0.3) is 5.91 Å². The van der Waals surface area contributed by atoms with Gasteiger partial charge in [0, 0.05) is 6.54 Å². The monoisotopic (exact) mass is 266 g/mol. The predicted molar refractivity (Wildman–Crippen MR) is 76.0 cm³/mol. The molecule has 0 saturated carbocycles. The summed E-state index contributed by atoms with van der Waals surface area (Å²) in [4.78, 5) is 12.0. The average Bonchev–Trinajstić information content (AvgIpc) is 2.36. The molecular weight excluding hydrogens is 248 g/mol. The van der Waals surface area contributed by atoms with E-state index in [0.717, 1.165) is 6.42 Å². The van der Waals surface area contributed by atoms with Gasteiger partial charge in [-0.3, -0.25) is 10.1 Å². The smallest absolute Gasteiger partial charge is 0.261 e. The first kappa shape index (κ1) is 14.4. The summed E-state index contributed by atoms with van der Waals surface area (Å²) in [5.74, 6) is 0.323. The second-order valence-corrected chi connectivity index (χ2v) is 4.07. The Morgan fingerprint density at radius 3 is 2.72 bits per heavy atom. The number of rotatable bonds is 5. The fourth-order valence-electron chi connectivity index (χ4n) is 1.37. The van der Waals surface area contributed by atoms with Gasteiger partial charge in [0.15, 0.2) is 5.11 Å². The number of para-hydroxylation sites is 1. The number of amides is 1. The molecule has 0 radical (unpaired) electrons. The number of hydrogen-bond donors (Lipinski definition) is 2. The highest BCUT2D eigenvalue weighted by atomic mass is 32.1. The van der Waals surface area contributed by atoms with Crippen molar-refractivity contribution in [3.05, 3.63) is 29.8 Å². The number of carbonyl (C=O) groups is 1. The number of thiocarbonyl (C=S) groups is 1. The Hall–Kier alpha value is -1.62. The molecule has 1 rings (SSSR count). The highest BCUT2D eigenvalue weighted by Crippen LogP contribution is 2.17. The SMILES string of the molecule is CCCOc1ccccc1C(=O)NC(=S)NCC. The highest BCUT2D eigenvalue weighted by Gasteiger charge is 2.12. The second-order valence-electron chi connectivity index (χ2n) is 3.66. The lowest BCUT2D eigenvalue weighted by molar-refractivity contribution is 0.0972. The van der Waals surface area contributed by atoms with Crippen LogP contribution in [0.25, 0.3) is 0 Å². The van der Waals surface area contributed by atoms with Crippen LogP contribution in [0.1, 0.15) is 30.6 Å². The highest BCUT2D eigenvalue weighted by molar-refractivity contribution is 7.80. The van der Waals surface area contributed by atoms with E-state index in [1.807, 2.05) is 19.9 Å². The summed E-state index contributed by atoms with van der Waals surface area (Å²) >= 11 is 4.98. The number of ether oxygens (including phenoxy) is 1. The molecule has 4 nitrogen and oxygen atoms in total. The maximum atomic E-state index is 12.0. The van der Waals surface area contributed by atoms with Crippen molar-refractivity contribution in [3.63, 3.8) is 0 Å². The topological polar surface area (TPSA) is 50.4 Å². The van der Waals surface area contributed by atoms with Gasteiger partial charge in [-0.1, -0.05) is 19.1 Å². The van der Waals surface area contributed by atoms with E-state index in [4.69, 9.17) is 17.0 Å². The standard InChI is InChI=1S/C13H18N2O2S/c1-3-9-17-11-8-6-5-7-10(11)12(16)15-13(18)14-4-2/h5-8H,3-4,9H2,1-2H3,(H2,14,15,16,18). The van der Waals surface area contributed by atoms with E-state index >= 15 is 0 Å². The third-order valence-electron chi connectivity index (χ3n) is 2.16. The normalized spacial score (nSPS) is 9.67. The minimum Gasteiger partial charge on any atom is -0.493 e. The van der Waals surface area contributed by atoms with Gasteiger partial charge < -0.3 is 10.1 Å². The van der Waals surface area contributed by atoms with E-state index < -0.39 is 0 Å². The molecule has 0 spiro atoms. The van der Waals surface area contributed by atoms with Gasteiger partial charge in [-0.25, -0.2) is 0 Å². The summed E-state index contributed by atoms with van der Waals surface area (Å²) in [6.45, 7) is 5.19. The fourth-order valence-corrected chi connectivity index (χ4v) is 1.60. The molecule has 18 heavy (non-hydrogen) atoms. The Balaban J connectivity index is 2.75. The first-order valence-electron chi connectivity index (χ1n) is 6.00. The molecule has 1 amide bonds. The molecule has 0 aromatic heterocycles. The van der Waals surface area contributed by atoms with Crippen molar-refractivity contribution in [1.82, 2.24) is 10.6 Å². The molecule has 0 aliphatic heterocycles. The molecule has 0 unspecified atom stereocenters. The average molecular weight is 266 g/mol. The molecule has 0 atom stereocenters. The first-order chi connectivity index (χ1) is 8.69. The van der Waals surface area contributed by atoms with Crippen molar-refractivity contribution in [2.24, 2.45) is 0 Å². The van der Waals surface area contributed by atoms with Crippen molar-refractivity contribution in [2.45, 2.75) is 20.3 Å². The summed E-state index contributed by atoms with van der Waals surface area (Å²) in [7, 11) is 0. The van der Waals surface area contributed by atoms with Gasteiger partial charge in [-0.05, 0) is 37.7 Å². The lowest BCUT2D eigenvalue weighted by Gasteiger charge is -2.11. The van der Waals surface area contributed by atoms with E-state index in [0.29, 0.717) is 29.6 Å². The van der Waals surface area contributed by atoms with E-state index in [1.54, 1.807) is 18.2 Å². The van der Waals surface area contributed by atoms with Crippen LogP contribution >= 0.6 is 12.2 Å². The summed E-state index contributed by atoms with van der Waals surface area (Å²) in [5, 5.41) is 5.81. The number of carbonyl (C=O) groups excluding carboxylic acids is 1. The molecule has 0 fully saturated rings. The summed E-state index contributed by atoms with van der Waals surface area (Å²) in [6, 6.07) is 7.13. The van der Waals surface area contributed by atoms with Crippen molar-refractivity contribution in [2.75, 3.05) is 13.2 Å². The minimum atomic E-state index is -0.257. The summed E-state index contributed by atoms with van der Waals surface area (Å²) < 4.78 is 5.52. The van der Waals surface area contributed by atoms with Crippen molar-refractivity contribution < 1.29 is 9.53 Å². The first-order valence-corrected chi connectivity index (χ1v) is 6.40. The van der Waals surface area contributed by atoms with Crippen LogP contribution in [0.15, 0.2) is 24.3 Å². The Kier molecular flexibility index (Phi) is 6.14. The molecule has 0 aliphatic carbocycles. The zero-order valence-electron chi connectivity index (χ0n) is 10.7.